The van der Waals surface area contributed by atoms with E-state index in [0.717, 1.165) is 12.8 Å². The van der Waals surface area contributed by atoms with Gasteiger partial charge in [0.25, 0.3) is 5.91 Å². The molecule has 2 N–H and O–H groups in total. The molecule has 116 valence electrons. The van der Waals surface area contributed by atoms with E-state index < -0.39 is 6.04 Å². The van der Waals surface area contributed by atoms with Crippen molar-refractivity contribution < 1.29 is 14.3 Å². The SMILES string of the molecule is CCCNC(=O)[C@H](C)NC(=O)COc1ccc(CC)cc1. The van der Waals surface area contributed by atoms with E-state index in [1.54, 1.807) is 6.92 Å². The number of ether oxygens (including phenoxy) is 1. The van der Waals surface area contributed by atoms with Crippen molar-refractivity contribution in [1.29, 1.82) is 0 Å². The number of rotatable bonds is 8. The second-order valence-electron chi connectivity index (χ2n) is 4.87. The summed E-state index contributed by atoms with van der Waals surface area (Å²) < 4.78 is 5.39. The van der Waals surface area contributed by atoms with Gasteiger partial charge in [-0.1, -0.05) is 26.0 Å². The first-order chi connectivity index (χ1) is 10.1. The number of benzene rings is 1. The van der Waals surface area contributed by atoms with Crippen LogP contribution in [0, 0.1) is 0 Å². The third kappa shape index (κ3) is 6.29. The van der Waals surface area contributed by atoms with Gasteiger partial charge in [-0.25, -0.2) is 0 Å². The van der Waals surface area contributed by atoms with Crippen molar-refractivity contribution in [3.05, 3.63) is 29.8 Å². The molecule has 0 spiro atoms. The molecular weight excluding hydrogens is 268 g/mol. The molecule has 0 saturated carbocycles. The van der Waals surface area contributed by atoms with Gasteiger partial charge in [0.05, 0.1) is 0 Å². The van der Waals surface area contributed by atoms with Crippen molar-refractivity contribution in [1.82, 2.24) is 10.6 Å². The topological polar surface area (TPSA) is 67.4 Å². The summed E-state index contributed by atoms with van der Waals surface area (Å²) >= 11 is 0. The van der Waals surface area contributed by atoms with Crippen LogP contribution in [0.4, 0.5) is 0 Å². The summed E-state index contributed by atoms with van der Waals surface area (Å²) in [6.45, 7) is 6.21. The van der Waals surface area contributed by atoms with E-state index in [-0.39, 0.29) is 18.4 Å². The van der Waals surface area contributed by atoms with Crippen LogP contribution < -0.4 is 15.4 Å². The monoisotopic (exact) mass is 292 g/mol. The molecule has 0 bridgehead atoms. The predicted molar refractivity (Wildman–Crippen MR) is 82.2 cm³/mol. The Labute approximate surface area is 126 Å². The Hall–Kier alpha value is -2.04. The van der Waals surface area contributed by atoms with Crippen LogP contribution in [0.2, 0.25) is 0 Å². The molecule has 0 aromatic heterocycles. The second kappa shape index (κ2) is 9.00. The first-order valence-corrected chi connectivity index (χ1v) is 7.35. The molecule has 5 heteroatoms. The third-order valence-corrected chi connectivity index (χ3v) is 3.02. The number of aryl methyl sites for hydroxylation is 1. The summed E-state index contributed by atoms with van der Waals surface area (Å²) in [6.07, 6.45) is 1.83. The second-order valence-corrected chi connectivity index (χ2v) is 4.87. The zero-order chi connectivity index (χ0) is 15.7. The lowest BCUT2D eigenvalue weighted by atomic mass is 10.2. The van der Waals surface area contributed by atoms with E-state index >= 15 is 0 Å². The van der Waals surface area contributed by atoms with E-state index in [0.29, 0.717) is 12.3 Å². The van der Waals surface area contributed by atoms with Crippen molar-refractivity contribution in [2.75, 3.05) is 13.2 Å². The molecule has 1 atom stereocenters. The molecule has 0 radical (unpaired) electrons. The minimum atomic E-state index is -0.560. The highest BCUT2D eigenvalue weighted by Gasteiger charge is 2.14. The highest BCUT2D eigenvalue weighted by Crippen LogP contribution is 2.12. The maximum atomic E-state index is 11.7. The molecule has 1 aromatic rings. The Kier molecular flexibility index (Phi) is 7.29. The first-order valence-electron chi connectivity index (χ1n) is 7.35. The molecule has 0 unspecified atom stereocenters. The average Bonchev–Trinajstić information content (AvgIpc) is 2.50. The van der Waals surface area contributed by atoms with Gasteiger partial charge < -0.3 is 15.4 Å². The number of amides is 2. The van der Waals surface area contributed by atoms with Gasteiger partial charge in [-0.2, -0.15) is 0 Å². The largest absolute Gasteiger partial charge is 0.484 e. The molecule has 1 rings (SSSR count). The van der Waals surface area contributed by atoms with Gasteiger partial charge in [0, 0.05) is 6.54 Å². The van der Waals surface area contributed by atoms with E-state index in [9.17, 15) is 9.59 Å². The molecular formula is C16H24N2O3. The van der Waals surface area contributed by atoms with Crippen molar-refractivity contribution in [3.63, 3.8) is 0 Å². The minimum absolute atomic E-state index is 0.100. The zero-order valence-corrected chi connectivity index (χ0v) is 12.9. The Morgan fingerprint density at radius 2 is 1.86 bits per heavy atom. The van der Waals surface area contributed by atoms with E-state index in [2.05, 4.69) is 17.6 Å². The molecule has 0 aliphatic heterocycles. The number of nitrogens with one attached hydrogen (secondary N) is 2. The molecule has 1 aromatic carbocycles. The van der Waals surface area contributed by atoms with Crippen LogP contribution in [0.5, 0.6) is 5.75 Å². The van der Waals surface area contributed by atoms with E-state index in [1.165, 1.54) is 5.56 Å². The van der Waals surface area contributed by atoms with Crippen molar-refractivity contribution in [2.24, 2.45) is 0 Å². The minimum Gasteiger partial charge on any atom is -0.484 e. The van der Waals surface area contributed by atoms with Crippen molar-refractivity contribution in [2.45, 2.75) is 39.7 Å². The summed E-state index contributed by atoms with van der Waals surface area (Å²) in [5.74, 6) is 0.150. The summed E-state index contributed by atoms with van der Waals surface area (Å²) in [4.78, 5) is 23.3. The van der Waals surface area contributed by atoms with Crippen LogP contribution in [0.1, 0.15) is 32.8 Å². The Morgan fingerprint density at radius 3 is 2.43 bits per heavy atom. The molecule has 0 saturated heterocycles. The Bertz CT molecular complexity index is 457. The van der Waals surface area contributed by atoms with Gasteiger partial charge in [0.15, 0.2) is 6.61 Å². The average molecular weight is 292 g/mol. The smallest absolute Gasteiger partial charge is 0.258 e. The summed E-state index contributed by atoms with van der Waals surface area (Å²) in [6, 6.07) is 7.05. The number of carbonyl (C=O) groups excluding carboxylic acids is 2. The van der Waals surface area contributed by atoms with Crippen LogP contribution in [-0.2, 0) is 16.0 Å². The highest BCUT2D eigenvalue weighted by molar-refractivity contribution is 5.87. The van der Waals surface area contributed by atoms with Gasteiger partial charge in [0.2, 0.25) is 5.91 Å². The molecule has 0 aliphatic carbocycles. The van der Waals surface area contributed by atoms with Gasteiger partial charge >= 0.3 is 0 Å². The van der Waals surface area contributed by atoms with Gasteiger partial charge in [-0.05, 0) is 37.5 Å². The fraction of sp³-hybridized carbons (Fsp3) is 0.500. The Balaban J connectivity index is 2.34. The lowest BCUT2D eigenvalue weighted by Gasteiger charge is -2.14. The quantitative estimate of drug-likeness (QED) is 0.765. The Morgan fingerprint density at radius 1 is 1.19 bits per heavy atom. The lowest BCUT2D eigenvalue weighted by Crippen LogP contribution is -2.46. The van der Waals surface area contributed by atoms with Gasteiger partial charge in [0.1, 0.15) is 11.8 Å². The summed E-state index contributed by atoms with van der Waals surface area (Å²) in [7, 11) is 0. The zero-order valence-electron chi connectivity index (χ0n) is 12.9. The molecule has 2 amide bonds. The van der Waals surface area contributed by atoms with Gasteiger partial charge in [-0.3, -0.25) is 9.59 Å². The fourth-order valence-electron chi connectivity index (χ4n) is 1.72. The van der Waals surface area contributed by atoms with Crippen molar-refractivity contribution >= 4 is 11.8 Å². The van der Waals surface area contributed by atoms with Crippen LogP contribution in [-0.4, -0.2) is 31.0 Å². The maximum Gasteiger partial charge on any atom is 0.258 e. The van der Waals surface area contributed by atoms with Crippen LogP contribution in [0.3, 0.4) is 0 Å². The molecule has 21 heavy (non-hydrogen) atoms. The van der Waals surface area contributed by atoms with Crippen LogP contribution in [0.25, 0.3) is 0 Å². The van der Waals surface area contributed by atoms with Crippen LogP contribution >= 0.6 is 0 Å². The predicted octanol–water partition coefficient (Wildman–Crippen LogP) is 1.66. The van der Waals surface area contributed by atoms with Crippen LogP contribution in [0.15, 0.2) is 24.3 Å². The lowest BCUT2D eigenvalue weighted by molar-refractivity contribution is -0.129. The molecule has 0 heterocycles. The summed E-state index contributed by atoms with van der Waals surface area (Å²) in [5, 5.41) is 5.33. The number of carbonyl (C=O) groups is 2. The maximum absolute atomic E-state index is 11.7. The highest BCUT2D eigenvalue weighted by atomic mass is 16.5. The van der Waals surface area contributed by atoms with Crippen molar-refractivity contribution in [3.8, 4) is 5.75 Å². The van der Waals surface area contributed by atoms with E-state index in [1.807, 2.05) is 31.2 Å². The third-order valence-electron chi connectivity index (χ3n) is 3.02. The number of hydrogen-bond donors (Lipinski definition) is 2. The first kappa shape index (κ1) is 17.0. The standard InChI is InChI=1S/C16H24N2O3/c1-4-10-17-16(20)12(3)18-15(19)11-21-14-8-6-13(5-2)7-9-14/h6-9,12H,4-5,10-11H2,1-3H3,(H,17,20)(H,18,19)/t12-/m0/s1. The number of hydrogen-bond acceptors (Lipinski definition) is 3. The molecule has 0 aliphatic rings. The fourth-order valence-corrected chi connectivity index (χ4v) is 1.72. The normalized spacial score (nSPS) is 11.6. The summed E-state index contributed by atoms with van der Waals surface area (Å²) in [5.41, 5.74) is 1.22. The molecule has 0 fully saturated rings. The molecule has 5 nitrogen and oxygen atoms in total. The van der Waals surface area contributed by atoms with Gasteiger partial charge in [-0.15, -0.1) is 0 Å². The van der Waals surface area contributed by atoms with E-state index in [4.69, 9.17) is 4.74 Å².